The number of halogens is 1. The normalized spacial score (nSPS) is 10.6. The first kappa shape index (κ1) is 19.3. The van der Waals surface area contributed by atoms with Crippen molar-refractivity contribution in [3.05, 3.63) is 106 Å². The van der Waals surface area contributed by atoms with Crippen LogP contribution in [0.1, 0.15) is 22.5 Å². The van der Waals surface area contributed by atoms with Gasteiger partial charge in [-0.25, -0.2) is 0 Å². The quantitative estimate of drug-likeness (QED) is 0.379. The summed E-state index contributed by atoms with van der Waals surface area (Å²) in [5, 5.41) is 19.3. The van der Waals surface area contributed by atoms with Gasteiger partial charge in [-0.2, -0.15) is 5.26 Å². The van der Waals surface area contributed by atoms with Crippen molar-refractivity contribution in [2.24, 2.45) is 0 Å². The Bertz CT molecular complexity index is 1150. The molecule has 0 radical (unpaired) electrons. The molecule has 0 amide bonds. The lowest BCUT2D eigenvalue weighted by Gasteiger charge is -2.11. The van der Waals surface area contributed by atoms with Crippen molar-refractivity contribution in [1.82, 2.24) is 14.8 Å². The molecular formula is C23H17ClN4S. The van der Waals surface area contributed by atoms with Gasteiger partial charge in [0.05, 0.1) is 11.6 Å². The fraction of sp³-hybridized carbons (Fsp3) is 0.0870. The predicted octanol–water partition coefficient (Wildman–Crippen LogP) is 5.68. The van der Waals surface area contributed by atoms with Crippen molar-refractivity contribution < 1.29 is 0 Å². The first-order valence-corrected chi connectivity index (χ1v) is 10.5. The number of thioether (sulfide) groups is 1. The molecule has 4 aromatic rings. The maximum atomic E-state index is 9.01. The van der Waals surface area contributed by atoms with E-state index in [9.17, 15) is 0 Å². The molecule has 29 heavy (non-hydrogen) atoms. The van der Waals surface area contributed by atoms with Gasteiger partial charge in [-0.1, -0.05) is 78.0 Å². The second kappa shape index (κ2) is 8.95. The van der Waals surface area contributed by atoms with Crippen LogP contribution in [-0.2, 0) is 12.2 Å². The van der Waals surface area contributed by atoms with Crippen molar-refractivity contribution in [2.75, 3.05) is 0 Å². The van der Waals surface area contributed by atoms with Crippen molar-refractivity contribution in [3.63, 3.8) is 0 Å². The summed E-state index contributed by atoms with van der Waals surface area (Å²) in [5.41, 5.74) is 3.73. The first-order valence-electron chi connectivity index (χ1n) is 9.09. The molecule has 0 fully saturated rings. The van der Waals surface area contributed by atoms with Crippen molar-refractivity contribution >= 4 is 23.4 Å². The molecule has 3 aromatic carbocycles. The Hall–Kier alpha value is -3.07. The van der Waals surface area contributed by atoms with E-state index in [1.807, 2.05) is 42.5 Å². The minimum Gasteiger partial charge on any atom is -0.274 e. The van der Waals surface area contributed by atoms with E-state index in [4.69, 9.17) is 16.9 Å². The highest BCUT2D eigenvalue weighted by molar-refractivity contribution is 7.98. The van der Waals surface area contributed by atoms with Gasteiger partial charge in [-0.05, 0) is 35.4 Å². The Balaban J connectivity index is 1.64. The zero-order valence-corrected chi connectivity index (χ0v) is 17.1. The fourth-order valence-corrected chi connectivity index (χ4v) is 4.30. The summed E-state index contributed by atoms with van der Waals surface area (Å²) in [6.45, 7) is 0. The Morgan fingerprint density at radius 1 is 0.931 bits per heavy atom. The minimum atomic E-state index is 0.557. The van der Waals surface area contributed by atoms with Crippen LogP contribution < -0.4 is 0 Å². The van der Waals surface area contributed by atoms with Crippen LogP contribution in [0.2, 0.25) is 5.02 Å². The Kier molecular flexibility index (Phi) is 5.95. The molecule has 4 rings (SSSR count). The Labute approximate surface area is 178 Å². The van der Waals surface area contributed by atoms with Crippen molar-refractivity contribution in [2.45, 2.75) is 17.3 Å². The molecule has 0 aliphatic rings. The lowest BCUT2D eigenvalue weighted by atomic mass is 10.1. The van der Waals surface area contributed by atoms with Crippen molar-refractivity contribution in [3.8, 4) is 11.8 Å². The molecule has 0 spiro atoms. The number of benzene rings is 3. The average Bonchev–Trinajstić information content (AvgIpc) is 3.16. The predicted molar refractivity (Wildman–Crippen MR) is 116 cm³/mol. The maximum absolute atomic E-state index is 9.01. The Morgan fingerprint density at radius 3 is 2.34 bits per heavy atom. The zero-order valence-electron chi connectivity index (χ0n) is 15.5. The summed E-state index contributed by atoms with van der Waals surface area (Å²) in [4.78, 5) is 0. The molecule has 4 nitrogen and oxygen atoms in total. The van der Waals surface area contributed by atoms with Crippen LogP contribution in [-0.4, -0.2) is 14.8 Å². The molecule has 1 aromatic heterocycles. The van der Waals surface area contributed by atoms with Gasteiger partial charge in [0, 0.05) is 22.9 Å². The molecule has 0 bridgehead atoms. The monoisotopic (exact) mass is 416 g/mol. The third kappa shape index (κ3) is 4.51. The summed E-state index contributed by atoms with van der Waals surface area (Å²) in [6, 6.07) is 27.8. The van der Waals surface area contributed by atoms with Crippen LogP contribution in [0.15, 0.2) is 84.0 Å². The van der Waals surface area contributed by atoms with E-state index in [0.29, 0.717) is 22.8 Å². The molecule has 0 aliphatic carbocycles. The Morgan fingerprint density at radius 2 is 1.66 bits per heavy atom. The van der Waals surface area contributed by atoms with Crippen LogP contribution in [0.3, 0.4) is 0 Å². The van der Waals surface area contributed by atoms with E-state index in [1.165, 1.54) is 5.56 Å². The smallest absolute Gasteiger partial charge is 0.196 e. The third-order valence-corrected chi connectivity index (χ3v) is 5.79. The molecular weight excluding hydrogens is 400 g/mol. The number of nitriles is 1. The van der Waals surface area contributed by atoms with E-state index in [-0.39, 0.29) is 0 Å². The van der Waals surface area contributed by atoms with E-state index >= 15 is 0 Å². The molecule has 0 saturated heterocycles. The van der Waals surface area contributed by atoms with E-state index in [2.05, 4.69) is 45.1 Å². The summed E-state index contributed by atoms with van der Waals surface area (Å²) in [7, 11) is 0. The highest BCUT2D eigenvalue weighted by Gasteiger charge is 2.15. The van der Waals surface area contributed by atoms with Crippen LogP contribution in [0.5, 0.6) is 0 Å². The lowest BCUT2D eigenvalue weighted by molar-refractivity contribution is 0.848. The second-order valence-electron chi connectivity index (χ2n) is 6.44. The molecule has 1 heterocycles. The minimum absolute atomic E-state index is 0.557. The summed E-state index contributed by atoms with van der Waals surface area (Å²) in [5.74, 6) is 1.52. The van der Waals surface area contributed by atoms with Gasteiger partial charge in [0.1, 0.15) is 5.82 Å². The topological polar surface area (TPSA) is 54.5 Å². The van der Waals surface area contributed by atoms with Gasteiger partial charge >= 0.3 is 0 Å². The number of hydrogen-bond donors (Lipinski definition) is 0. The number of rotatable bonds is 6. The van der Waals surface area contributed by atoms with Crippen LogP contribution in [0.25, 0.3) is 5.69 Å². The maximum Gasteiger partial charge on any atom is 0.196 e. The first-order chi connectivity index (χ1) is 14.2. The van der Waals surface area contributed by atoms with Gasteiger partial charge in [-0.3, -0.25) is 4.57 Å². The van der Waals surface area contributed by atoms with E-state index in [0.717, 1.165) is 22.2 Å². The van der Waals surface area contributed by atoms with Gasteiger partial charge in [0.2, 0.25) is 0 Å². The largest absolute Gasteiger partial charge is 0.274 e. The van der Waals surface area contributed by atoms with Crippen molar-refractivity contribution in [1.29, 1.82) is 5.26 Å². The van der Waals surface area contributed by atoms with Gasteiger partial charge in [-0.15, -0.1) is 10.2 Å². The highest BCUT2D eigenvalue weighted by Crippen LogP contribution is 2.29. The van der Waals surface area contributed by atoms with Crippen LogP contribution in [0, 0.1) is 11.3 Å². The van der Waals surface area contributed by atoms with E-state index in [1.54, 1.807) is 23.9 Å². The lowest BCUT2D eigenvalue weighted by Crippen LogP contribution is -2.03. The number of para-hydroxylation sites is 1. The zero-order chi connectivity index (χ0) is 20.1. The molecule has 0 unspecified atom stereocenters. The molecule has 0 saturated carbocycles. The molecule has 0 N–H and O–H groups in total. The third-order valence-electron chi connectivity index (χ3n) is 4.46. The summed E-state index contributed by atoms with van der Waals surface area (Å²) >= 11 is 7.91. The number of hydrogen-bond acceptors (Lipinski definition) is 4. The van der Waals surface area contributed by atoms with Gasteiger partial charge < -0.3 is 0 Å². The molecule has 6 heteroatoms. The fourth-order valence-electron chi connectivity index (χ4n) is 3.00. The standard InChI is InChI=1S/C23H17ClN4S/c24-21-13-18(15-25)11-12-19(21)16-29-23-27-26-22(14-17-7-3-1-4-8-17)28(23)20-9-5-2-6-10-20/h1-13H,14,16H2. The molecule has 142 valence electrons. The number of aromatic nitrogens is 3. The second-order valence-corrected chi connectivity index (χ2v) is 7.79. The van der Waals surface area contributed by atoms with Gasteiger partial charge in [0.25, 0.3) is 0 Å². The molecule has 0 atom stereocenters. The average molecular weight is 417 g/mol. The molecule has 0 aliphatic heterocycles. The van der Waals surface area contributed by atoms with E-state index < -0.39 is 0 Å². The van der Waals surface area contributed by atoms with Crippen LogP contribution >= 0.6 is 23.4 Å². The SMILES string of the molecule is N#Cc1ccc(CSc2nnc(Cc3ccccc3)n2-c2ccccc2)c(Cl)c1. The van der Waals surface area contributed by atoms with Crippen LogP contribution in [0.4, 0.5) is 0 Å². The summed E-state index contributed by atoms with van der Waals surface area (Å²) in [6.07, 6.45) is 0.695. The van der Waals surface area contributed by atoms with Gasteiger partial charge in [0.15, 0.2) is 5.16 Å². The number of nitrogens with zero attached hydrogens (tertiary/aromatic N) is 4. The highest BCUT2D eigenvalue weighted by atomic mass is 35.5. The summed E-state index contributed by atoms with van der Waals surface area (Å²) < 4.78 is 2.09.